The fraction of sp³-hybridized carbons (Fsp3) is 0.310. The number of ether oxygens (including phenoxy) is 3. The summed E-state index contributed by atoms with van der Waals surface area (Å²) in [6, 6.07) is 29.4. The Balaban J connectivity index is 1.28. The summed E-state index contributed by atoms with van der Waals surface area (Å²) in [4.78, 5) is 26.1. The van der Waals surface area contributed by atoms with Crippen molar-refractivity contribution in [3.8, 4) is 17.2 Å². The molecule has 3 N–H and O–H groups in total. The van der Waals surface area contributed by atoms with E-state index in [9.17, 15) is 22.8 Å². The number of nitrogens with zero attached hydrogens (tertiary/aromatic N) is 2. The quantitative estimate of drug-likeness (QED) is 0.104. The molecule has 1 aromatic heterocycles. The van der Waals surface area contributed by atoms with E-state index in [1.165, 1.54) is 6.07 Å². The van der Waals surface area contributed by atoms with Gasteiger partial charge in [0.05, 0.1) is 18.8 Å². The van der Waals surface area contributed by atoms with Crippen molar-refractivity contribution in [3.63, 3.8) is 0 Å². The number of carbonyl (C=O) groups excluding carboxylic acids is 2. The van der Waals surface area contributed by atoms with Crippen LogP contribution in [0.1, 0.15) is 78.1 Å². The molecule has 0 bridgehead atoms. The van der Waals surface area contributed by atoms with Crippen LogP contribution in [0, 0.1) is 5.92 Å². The summed E-state index contributed by atoms with van der Waals surface area (Å²) in [5.74, 6) is 0.880. The second-order valence-corrected chi connectivity index (χ2v) is 14.4. The summed E-state index contributed by atoms with van der Waals surface area (Å²) in [5.41, 5.74) is 1.47. The Morgan fingerprint density at radius 2 is 1.62 bits per heavy atom. The van der Waals surface area contributed by atoms with Gasteiger partial charge in [-0.2, -0.15) is 18.3 Å². The molecule has 288 valence electrons. The standard InChI is InChI=1S/C42H44F3N5O5/c1-41(2,3)55-40(52)47-25-29-13-8-16-32(21-29)50-34(23-36(49-50)42(43,44)45)39(51)48-31-15-9-14-30(22-31)37(46-24-27-19-20-27)33-17-10-18-35(53-4)38(33)54-26-28-11-6-5-7-12-28/h5-18,21-23,27,37,46H,19-20,24-26H2,1-4H3,(H,47,52)(H,48,51). The second kappa shape index (κ2) is 16.7. The minimum atomic E-state index is -4.81. The molecular formula is C42H44F3N5O5. The number of amides is 2. The van der Waals surface area contributed by atoms with E-state index in [-0.39, 0.29) is 24.0 Å². The number of hydrogen-bond donors (Lipinski definition) is 3. The maximum atomic E-state index is 14.0. The van der Waals surface area contributed by atoms with Gasteiger partial charge in [-0.3, -0.25) is 4.79 Å². The van der Waals surface area contributed by atoms with Gasteiger partial charge in [-0.15, -0.1) is 0 Å². The van der Waals surface area contributed by atoms with E-state index in [1.54, 1.807) is 64.3 Å². The molecule has 13 heteroatoms. The topological polar surface area (TPSA) is 116 Å². The molecule has 6 rings (SSSR count). The van der Waals surface area contributed by atoms with Crippen LogP contribution in [0.5, 0.6) is 11.5 Å². The van der Waals surface area contributed by atoms with Crippen LogP contribution in [0.2, 0.25) is 0 Å². The minimum Gasteiger partial charge on any atom is -0.493 e. The van der Waals surface area contributed by atoms with Crippen LogP contribution in [-0.2, 0) is 24.1 Å². The predicted octanol–water partition coefficient (Wildman–Crippen LogP) is 8.84. The van der Waals surface area contributed by atoms with Gasteiger partial charge in [-0.1, -0.05) is 66.7 Å². The van der Waals surface area contributed by atoms with Crippen molar-refractivity contribution >= 4 is 17.7 Å². The zero-order chi connectivity index (χ0) is 39.2. The SMILES string of the molecule is COc1cccc(C(NCC2CC2)c2cccc(NC(=O)c3cc(C(F)(F)F)nn3-c3cccc(CNC(=O)OC(C)(C)C)c3)c2)c1OCc1ccccc1. The number of nitrogens with one attached hydrogen (secondary N) is 3. The lowest BCUT2D eigenvalue weighted by Crippen LogP contribution is -2.32. The molecule has 0 spiro atoms. The van der Waals surface area contributed by atoms with Gasteiger partial charge in [0.1, 0.15) is 17.9 Å². The third kappa shape index (κ3) is 10.4. The van der Waals surface area contributed by atoms with Crippen LogP contribution in [0.3, 0.4) is 0 Å². The van der Waals surface area contributed by atoms with Gasteiger partial charge in [-0.25, -0.2) is 9.48 Å². The number of hydrogen-bond acceptors (Lipinski definition) is 7. The first-order chi connectivity index (χ1) is 26.3. The van der Waals surface area contributed by atoms with E-state index in [1.807, 2.05) is 54.6 Å². The summed E-state index contributed by atoms with van der Waals surface area (Å²) < 4.78 is 60.3. The lowest BCUT2D eigenvalue weighted by molar-refractivity contribution is -0.141. The smallest absolute Gasteiger partial charge is 0.435 e. The summed E-state index contributed by atoms with van der Waals surface area (Å²) in [7, 11) is 1.59. The van der Waals surface area contributed by atoms with Gasteiger partial charge < -0.3 is 30.2 Å². The fourth-order valence-corrected chi connectivity index (χ4v) is 5.97. The number of alkyl halides is 3. The van der Waals surface area contributed by atoms with Crippen LogP contribution in [0.4, 0.5) is 23.7 Å². The van der Waals surface area contributed by atoms with E-state index < -0.39 is 29.5 Å². The molecule has 1 aliphatic rings. The van der Waals surface area contributed by atoms with Crippen LogP contribution in [0.25, 0.3) is 5.69 Å². The minimum absolute atomic E-state index is 0.0344. The average Bonchev–Trinajstić information content (AvgIpc) is 3.86. The molecule has 0 saturated heterocycles. The molecule has 10 nitrogen and oxygen atoms in total. The summed E-state index contributed by atoms with van der Waals surface area (Å²) in [6.45, 7) is 6.30. The Bertz CT molecular complexity index is 2110. The largest absolute Gasteiger partial charge is 0.493 e. The van der Waals surface area contributed by atoms with E-state index in [4.69, 9.17) is 14.2 Å². The molecular weight excluding hydrogens is 711 g/mol. The summed E-state index contributed by atoms with van der Waals surface area (Å²) in [6.07, 6.45) is -3.21. The highest BCUT2D eigenvalue weighted by Gasteiger charge is 2.36. The number of rotatable bonds is 14. The number of aromatic nitrogens is 2. The highest BCUT2D eigenvalue weighted by atomic mass is 19.4. The highest BCUT2D eigenvalue weighted by molar-refractivity contribution is 6.03. The van der Waals surface area contributed by atoms with E-state index in [2.05, 4.69) is 21.0 Å². The molecule has 2 amide bonds. The van der Waals surface area contributed by atoms with Gasteiger partial charge in [0, 0.05) is 23.9 Å². The van der Waals surface area contributed by atoms with Gasteiger partial charge in [0.15, 0.2) is 17.2 Å². The maximum Gasteiger partial charge on any atom is 0.435 e. The monoisotopic (exact) mass is 755 g/mol. The number of alkyl carbamates (subject to hydrolysis) is 1. The molecule has 1 heterocycles. The van der Waals surface area contributed by atoms with Crippen molar-refractivity contribution in [1.82, 2.24) is 20.4 Å². The van der Waals surface area contributed by atoms with E-state index in [0.29, 0.717) is 35.3 Å². The Morgan fingerprint density at radius 3 is 2.33 bits per heavy atom. The number of benzene rings is 4. The van der Waals surface area contributed by atoms with E-state index >= 15 is 0 Å². The van der Waals surface area contributed by atoms with Gasteiger partial charge >= 0.3 is 12.3 Å². The fourth-order valence-electron chi connectivity index (χ4n) is 5.97. The molecule has 55 heavy (non-hydrogen) atoms. The van der Waals surface area contributed by atoms with Gasteiger partial charge in [0.25, 0.3) is 5.91 Å². The molecule has 1 atom stereocenters. The molecule has 5 aromatic rings. The normalized spacial score (nSPS) is 13.5. The third-order valence-electron chi connectivity index (χ3n) is 8.77. The lowest BCUT2D eigenvalue weighted by Gasteiger charge is -2.24. The third-order valence-corrected chi connectivity index (χ3v) is 8.77. The first-order valence-electron chi connectivity index (χ1n) is 18.0. The summed E-state index contributed by atoms with van der Waals surface area (Å²) in [5, 5.41) is 12.9. The Labute approximate surface area is 318 Å². The van der Waals surface area contributed by atoms with Gasteiger partial charge in [-0.05, 0) is 93.1 Å². The van der Waals surface area contributed by atoms with Crippen molar-refractivity contribution in [2.45, 2.75) is 64.6 Å². The molecule has 1 fully saturated rings. The lowest BCUT2D eigenvalue weighted by atomic mass is 9.96. The first-order valence-corrected chi connectivity index (χ1v) is 18.0. The molecule has 1 unspecified atom stereocenters. The Hall–Kier alpha value is -5.82. The average molecular weight is 756 g/mol. The number of methoxy groups -OCH3 is 1. The molecule has 4 aromatic carbocycles. The van der Waals surface area contributed by atoms with Crippen LogP contribution in [-0.4, -0.2) is 41.0 Å². The molecule has 1 saturated carbocycles. The number of carbonyl (C=O) groups is 2. The van der Waals surface area contributed by atoms with Crippen molar-refractivity contribution in [1.29, 1.82) is 0 Å². The molecule has 0 aliphatic heterocycles. The zero-order valence-electron chi connectivity index (χ0n) is 31.1. The van der Waals surface area contributed by atoms with Crippen LogP contribution < -0.4 is 25.4 Å². The highest BCUT2D eigenvalue weighted by Crippen LogP contribution is 2.39. The number of para-hydroxylation sites is 1. The van der Waals surface area contributed by atoms with E-state index in [0.717, 1.165) is 46.8 Å². The molecule has 1 aliphatic carbocycles. The van der Waals surface area contributed by atoms with Crippen molar-refractivity contribution in [3.05, 3.63) is 137 Å². The van der Waals surface area contributed by atoms with Gasteiger partial charge in [0.2, 0.25) is 0 Å². The first kappa shape index (κ1) is 38.9. The summed E-state index contributed by atoms with van der Waals surface area (Å²) >= 11 is 0. The Kier molecular flexibility index (Phi) is 11.8. The van der Waals surface area contributed by atoms with Crippen molar-refractivity contribution < 1.29 is 37.0 Å². The number of halogens is 3. The zero-order valence-corrected chi connectivity index (χ0v) is 31.1. The number of anilines is 1. The maximum absolute atomic E-state index is 14.0. The van der Waals surface area contributed by atoms with Crippen LogP contribution in [0.15, 0.2) is 103 Å². The predicted molar refractivity (Wildman–Crippen MR) is 202 cm³/mol. The Morgan fingerprint density at radius 1 is 0.891 bits per heavy atom. The molecule has 0 radical (unpaired) electrons. The van der Waals surface area contributed by atoms with Crippen LogP contribution >= 0.6 is 0 Å². The van der Waals surface area contributed by atoms with Crippen molar-refractivity contribution in [2.75, 3.05) is 19.0 Å². The second-order valence-electron chi connectivity index (χ2n) is 14.4. The van der Waals surface area contributed by atoms with Crippen molar-refractivity contribution in [2.24, 2.45) is 5.92 Å².